The molecule has 1 aromatic heterocycles. The van der Waals surface area contributed by atoms with Gasteiger partial charge < -0.3 is 4.74 Å². The van der Waals surface area contributed by atoms with Gasteiger partial charge in [0.25, 0.3) is 0 Å². The van der Waals surface area contributed by atoms with Gasteiger partial charge in [-0.05, 0) is 18.6 Å². The Hall–Kier alpha value is -2.35. The third-order valence-corrected chi connectivity index (χ3v) is 2.64. The second kappa shape index (κ2) is 5.32. The molecule has 0 unspecified atom stereocenters. The van der Waals surface area contributed by atoms with E-state index in [4.69, 9.17) is 10.00 Å². The molecule has 0 aliphatic carbocycles. The van der Waals surface area contributed by atoms with E-state index in [9.17, 15) is 0 Å². The van der Waals surface area contributed by atoms with Crippen molar-refractivity contribution in [3.8, 4) is 23.1 Å². The monoisotopic (exact) mass is 242 g/mol. The number of para-hydroxylation sites is 1. The van der Waals surface area contributed by atoms with Gasteiger partial charge >= 0.3 is 0 Å². The lowest BCUT2D eigenvalue weighted by Gasteiger charge is -2.09. The normalized spacial score (nSPS) is 10.1. The maximum absolute atomic E-state index is 9.12. The van der Waals surface area contributed by atoms with Crippen molar-refractivity contribution in [3.63, 3.8) is 0 Å². The summed E-state index contributed by atoms with van der Waals surface area (Å²) < 4.78 is 7.07. The van der Waals surface area contributed by atoms with Gasteiger partial charge in [0, 0.05) is 12.1 Å². The lowest BCUT2D eigenvalue weighted by Crippen LogP contribution is -2.02. The molecule has 2 aromatic rings. The fraction of sp³-hybridized carbons (Fsp3) is 0.308. The lowest BCUT2D eigenvalue weighted by atomic mass is 10.1. The first-order valence-corrected chi connectivity index (χ1v) is 5.78. The number of ether oxygens (including phenoxy) is 1. The van der Waals surface area contributed by atoms with E-state index in [1.54, 1.807) is 11.8 Å². The van der Waals surface area contributed by atoms with Crippen LogP contribution in [0.25, 0.3) is 11.3 Å². The lowest BCUT2D eigenvalue weighted by molar-refractivity contribution is 0.415. The largest absolute Gasteiger partial charge is 0.496 e. The Morgan fingerprint density at radius 3 is 2.83 bits per heavy atom. The van der Waals surface area contributed by atoms with Crippen molar-refractivity contribution < 1.29 is 4.74 Å². The number of hydrogen-bond donors (Lipinski definition) is 0. The Kier molecular flexibility index (Phi) is 3.58. The first-order chi connectivity index (χ1) is 8.81. The van der Waals surface area contributed by atoms with Gasteiger partial charge in [-0.2, -0.15) is 5.26 Å². The summed E-state index contributed by atoms with van der Waals surface area (Å²) in [6, 6.07) is 9.64. The number of aromatic nitrogens is 3. The summed E-state index contributed by atoms with van der Waals surface area (Å²) in [5.41, 5.74) is 1.89. The minimum atomic E-state index is 0.327. The molecule has 0 saturated carbocycles. The molecule has 0 atom stereocenters. The van der Waals surface area contributed by atoms with Crippen molar-refractivity contribution in [1.82, 2.24) is 15.0 Å². The van der Waals surface area contributed by atoms with Crippen LogP contribution in [0.2, 0.25) is 0 Å². The van der Waals surface area contributed by atoms with Crippen LogP contribution < -0.4 is 4.74 Å². The Labute approximate surface area is 106 Å². The summed E-state index contributed by atoms with van der Waals surface area (Å²) in [5, 5.41) is 17.0. The maximum Gasteiger partial charge on any atom is 0.190 e. The van der Waals surface area contributed by atoms with Gasteiger partial charge in [0.05, 0.1) is 7.11 Å². The summed E-state index contributed by atoms with van der Waals surface area (Å²) in [6.45, 7) is 2.78. The highest BCUT2D eigenvalue weighted by atomic mass is 16.5. The van der Waals surface area contributed by atoms with Gasteiger partial charge in [0.1, 0.15) is 17.5 Å². The molecule has 0 radical (unpaired) electrons. The van der Waals surface area contributed by atoms with Gasteiger partial charge in [-0.3, -0.25) is 0 Å². The zero-order valence-corrected chi connectivity index (χ0v) is 10.4. The summed E-state index contributed by atoms with van der Waals surface area (Å²) in [4.78, 5) is 0. The standard InChI is InChI=1S/C13H14N4O/c1-3-8-17-13(11(9-14)15-16-17)10-6-4-5-7-12(10)18-2/h4-7H,3,8H2,1-2H3. The molecule has 18 heavy (non-hydrogen) atoms. The van der Waals surface area contributed by atoms with Gasteiger partial charge in [-0.15, -0.1) is 5.10 Å². The molecule has 92 valence electrons. The highest BCUT2D eigenvalue weighted by Crippen LogP contribution is 2.31. The van der Waals surface area contributed by atoms with Crippen LogP contribution in [0.5, 0.6) is 5.75 Å². The SMILES string of the molecule is CCCn1nnc(C#N)c1-c1ccccc1OC. The van der Waals surface area contributed by atoms with Crippen LogP contribution in [-0.2, 0) is 6.54 Å². The zero-order valence-electron chi connectivity index (χ0n) is 10.4. The number of nitriles is 1. The van der Waals surface area contributed by atoms with Gasteiger partial charge in [0.15, 0.2) is 5.69 Å². The molecule has 1 heterocycles. The molecule has 0 fully saturated rings. The third-order valence-electron chi connectivity index (χ3n) is 2.64. The second-order valence-electron chi connectivity index (χ2n) is 3.82. The van der Waals surface area contributed by atoms with Crippen LogP contribution >= 0.6 is 0 Å². The fourth-order valence-corrected chi connectivity index (χ4v) is 1.86. The molecular formula is C13H14N4O. The van der Waals surface area contributed by atoms with Crippen LogP contribution in [0.3, 0.4) is 0 Å². The van der Waals surface area contributed by atoms with Gasteiger partial charge in [-0.1, -0.05) is 24.3 Å². The van der Waals surface area contributed by atoms with Crippen LogP contribution in [0.1, 0.15) is 19.0 Å². The maximum atomic E-state index is 9.12. The van der Waals surface area contributed by atoms with E-state index in [2.05, 4.69) is 23.3 Å². The second-order valence-corrected chi connectivity index (χ2v) is 3.82. The number of benzene rings is 1. The topological polar surface area (TPSA) is 63.7 Å². The fourth-order valence-electron chi connectivity index (χ4n) is 1.86. The van der Waals surface area contributed by atoms with Crippen molar-refractivity contribution in [1.29, 1.82) is 5.26 Å². The Bertz CT molecular complexity index is 583. The number of rotatable bonds is 4. The summed E-state index contributed by atoms with van der Waals surface area (Å²) in [7, 11) is 1.61. The van der Waals surface area contributed by atoms with Crippen LogP contribution in [0.4, 0.5) is 0 Å². The summed E-state index contributed by atoms with van der Waals surface area (Å²) in [5.74, 6) is 0.716. The first kappa shape index (κ1) is 12.1. The zero-order chi connectivity index (χ0) is 13.0. The number of nitrogens with zero attached hydrogens (tertiary/aromatic N) is 4. The Balaban J connectivity index is 2.61. The molecular weight excluding hydrogens is 228 g/mol. The van der Waals surface area contributed by atoms with Crippen LogP contribution in [-0.4, -0.2) is 22.1 Å². The van der Waals surface area contributed by atoms with E-state index in [1.807, 2.05) is 24.3 Å². The van der Waals surface area contributed by atoms with Crippen LogP contribution in [0.15, 0.2) is 24.3 Å². The van der Waals surface area contributed by atoms with Gasteiger partial charge in [0.2, 0.25) is 0 Å². The van der Waals surface area contributed by atoms with E-state index >= 15 is 0 Å². The van der Waals surface area contributed by atoms with E-state index in [0.717, 1.165) is 24.2 Å². The predicted octanol–water partition coefficient (Wildman–Crippen LogP) is 2.24. The molecule has 0 aliphatic heterocycles. The number of aryl methyl sites for hydroxylation is 1. The van der Waals surface area contributed by atoms with Crippen molar-refractivity contribution >= 4 is 0 Å². The van der Waals surface area contributed by atoms with Crippen molar-refractivity contribution in [2.24, 2.45) is 0 Å². The molecule has 1 aromatic carbocycles. The number of methoxy groups -OCH3 is 1. The highest BCUT2D eigenvalue weighted by Gasteiger charge is 2.17. The predicted molar refractivity (Wildman–Crippen MR) is 67.0 cm³/mol. The average molecular weight is 242 g/mol. The summed E-state index contributed by atoms with van der Waals surface area (Å²) in [6.07, 6.45) is 0.927. The molecule has 0 spiro atoms. The minimum Gasteiger partial charge on any atom is -0.496 e. The molecule has 2 rings (SSSR count). The molecule has 0 aliphatic rings. The Morgan fingerprint density at radius 1 is 1.39 bits per heavy atom. The summed E-state index contributed by atoms with van der Waals surface area (Å²) >= 11 is 0. The first-order valence-electron chi connectivity index (χ1n) is 5.78. The third kappa shape index (κ3) is 2.05. The molecule has 0 bridgehead atoms. The molecule has 0 N–H and O–H groups in total. The van der Waals surface area contributed by atoms with Gasteiger partial charge in [-0.25, -0.2) is 4.68 Å². The van der Waals surface area contributed by atoms with E-state index in [1.165, 1.54) is 0 Å². The number of hydrogen-bond acceptors (Lipinski definition) is 4. The van der Waals surface area contributed by atoms with E-state index < -0.39 is 0 Å². The van der Waals surface area contributed by atoms with Crippen molar-refractivity contribution in [2.75, 3.05) is 7.11 Å². The van der Waals surface area contributed by atoms with E-state index in [0.29, 0.717) is 11.4 Å². The minimum absolute atomic E-state index is 0.327. The molecule has 0 amide bonds. The molecule has 5 nitrogen and oxygen atoms in total. The molecule has 0 saturated heterocycles. The average Bonchev–Trinajstić information content (AvgIpc) is 2.82. The highest BCUT2D eigenvalue weighted by molar-refractivity contribution is 5.71. The Morgan fingerprint density at radius 2 is 2.17 bits per heavy atom. The van der Waals surface area contributed by atoms with Crippen molar-refractivity contribution in [2.45, 2.75) is 19.9 Å². The van der Waals surface area contributed by atoms with Crippen LogP contribution in [0, 0.1) is 11.3 Å². The van der Waals surface area contributed by atoms with E-state index in [-0.39, 0.29) is 0 Å². The molecule has 5 heteroatoms. The quantitative estimate of drug-likeness (QED) is 0.824. The van der Waals surface area contributed by atoms with Crippen molar-refractivity contribution in [3.05, 3.63) is 30.0 Å². The smallest absolute Gasteiger partial charge is 0.190 e.